The van der Waals surface area contributed by atoms with Crippen molar-refractivity contribution in [1.29, 1.82) is 0 Å². The van der Waals surface area contributed by atoms with Crippen LogP contribution in [-0.2, 0) is 0 Å². The van der Waals surface area contributed by atoms with Gasteiger partial charge in [-0.3, -0.25) is 0 Å². The number of nitrogen functional groups attached to an aromatic ring is 1. The van der Waals surface area contributed by atoms with Crippen molar-refractivity contribution in [2.75, 3.05) is 23.7 Å². The van der Waals surface area contributed by atoms with Crippen molar-refractivity contribution >= 4 is 17.5 Å². The zero-order valence-electron chi connectivity index (χ0n) is 9.60. The lowest BCUT2D eigenvalue weighted by Crippen LogP contribution is -2.44. The minimum atomic E-state index is -0.942. The highest BCUT2D eigenvalue weighted by molar-refractivity contribution is 5.68. The maximum Gasteiger partial charge on any atom is 0.404 e. The van der Waals surface area contributed by atoms with Crippen molar-refractivity contribution in [2.45, 2.75) is 18.9 Å². The Kier molecular flexibility index (Phi) is 3.37. The predicted molar refractivity (Wildman–Crippen MR) is 67.2 cm³/mol. The number of para-hydroxylation sites is 2. The molecular formula is C12H17N3O2. The van der Waals surface area contributed by atoms with E-state index in [1.807, 2.05) is 24.3 Å². The number of piperidine rings is 1. The molecule has 4 N–H and O–H groups in total. The summed E-state index contributed by atoms with van der Waals surface area (Å²) in [6.45, 7) is 1.66. The molecular weight excluding hydrogens is 218 g/mol. The molecule has 0 saturated carbocycles. The van der Waals surface area contributed by atoms with Crippen LogP contribution >= 0.6 is 0 Å². The van der Waals surface area contributed by atoms with Crippen molar-refractivity contribution in [3.8, 4) is 0 Å². The van der Waals surface area contributed by atoms with Crippen LogP contribution in [0.2, 0.25) is 0 Å². The third kappa shape index (κ3) is 2.81. The normalized spacial score (nSPS) is 16.8. The number of benzene rings is 1. The zero-order chi connectivity index (χ0) is 12.3. The molecule has 1 aromatic rings. The number of hydrogen-bond donors (Lipinski definition) is 3. The summed E-state index contributed by atoms with van der Waals surface area (Å²) in [4.78, 5) is 12.7. The first kappa shape index (κ1) is 11.6. The quantitative estimate of drug-likeness (QED) is 0.679. The zero-order valence-corrected chi connectivity index (χ0v) is 9.60. The van der Waals surface area contributed by atoms with Crippen LogP contribution in [0.25, 0.3) is 0 Å². The van der Waals surface area contributed by atoms with Crippen LogP contribution in [0.3, 0.4) is 0 Å². The highest BCUT2D eigenvalue weighted by Gasteiger charge is 2.21. The molecule has 0 spiro atoms. The number of nitrogens with zero attached hydrogens (tertiary/aromatic N) is 1. The molecule has 0 aliphatic carbocycles. The monoisotopic (exact) mass is 235 g/mol. The summed E-state index contributed by atoms with van der Waals surface area (Å²) in [5, 5.41) is 11.2. The first-order chi connectivity index (χ1) is 8.16. The first-order valence-electron chi connectivity index (χ1n) is 5.75. The van der Waals surface area contributed by atoms with Gasteiger partial charge in [-0.15, -0.1) is 0 Å². The van der Waals surface area contributed by atoms with E-state index in [1.54, 1.807) is 0 Å². The largest absolute Gasteiger partial charge is 0.465 e. The fraction of sp³-hybridized carbons (Fsp3) is 0.417. The van der Waals surface area contributed by atoms with Gasteiger partial charge in [0.15, 0.2) is 0 Å². The van der Waals surface area contributed by atoms with Crippen molar-refractivity contribution in [1.82, 2.24) is 5.32 Å². The highest BCUT2D eigenvalue weighted by Crippen LogP contribution is 2.25. The van der Waals surface area contributed by atoms with Crippen molar-refractivity contribution in [3.05, 3.63) is 24.3 Å². The van der Waals surface area contributed by atoms with Crippen LogP contribution in [-0.4, -0.2) is 30.3 Å². The predicted octanol–water partition coefficient (Wildman–Crippen LogP) is 1.51. The van der Waals surface area contributed by atoms with Gasteiger partial charge in [-0.25, -0.2) is 4.79 Å². The van der Waals surface area contributed by atoms with Gasteiger partial charge in [-0.05, 0) is 25.0 Å². The summed E-state index contributed by atoms with van der Waals surface area (Å²) in [6.07, 6.45) is 0.698. The molecule has 5 nitrogen and oxygen atoms in total. The lowest BCUT2D eigenvalue weighted by atomic mass is 10.0. The van der Waals surface area contributed by atoms with E-state index in [-0.39, 0.29) is 6.04 Å². The number of anilines is 2. The van der Waals surface area contributed by atoms with E-state index in [4.69, 9.17) is 10.8 Å². The van der Waals surface area contributed by atoms with Gasteiger partial charge in [0.1, 0.15) is 0 Å². The molecule has 1 fully saturated rings. The second kappa shape index (κ2) is 4.95. The van der Waals surface area contributed by atoms with Gasteiger partial charge < -0.3 is 21.1 Å². The summed E-state index contributed by atoms with van der Waals surface area (Å²) in [6, 6.07) is 7.83. The van der Waals surface area contributed by atoms with Crippen molar-refractivity contribution in [2.24, 2.45) is 0 Å². The Bertz CT molecular complexity index is 400. The van der Waals surface area contributed by atoms with Gasteiger partial charge >= 0.3 is 6.09 Å². The van der Waals surface area contributed by atoms with Crippen LogP contribution in [0.1, 0.15) is 12.8 Å². The van der Waals surface area contributed by atoms with Gasteiger partial charge in [0, 0.05) is 19.1 Å². The van der Waals surface area contributed by atoms with E-state index in [0.717, 1.165) is 37.3 Å². The van der Waals surface area contributed by atoms with E-state index in [2.05, 4.69) is 10.2 Å². The fourth-order valence-corrected chi connectivity index (χ4v) is 2.21. The summed E-state index contributed by atoms with van der Waals surface area (Å²) < 4.78 is 0. The molecule has 1 aromatic carbocycles. The lowest BCUT2D eigenvalue weighted by molar-refractivity contribution is 0.187. The second-order valence-corrected chi connectivity index (χ2v) is 4.27. The minimum Gasteiger partial charge on any atom is -0.465 e. The molecule has 92 valence electrons. The molecule has 1 saturated heterocycles. The molecule has 1 amide bonds. The van der Waals surface area contributed by atoms with E-state index < -0.39 is 6.09 Å². The molecule has 2 rings (SSSR count). The van der Waals surface area contributed by atoms with Crippen molar-refractivity contribution in [3.63, 3.8) is 0 Å². The molecule has 0 radical (unpaired) electrons. The number of hydrogen-bond acceptors (Lipinski definition) is 3. The number of carboxylic acid groups (broad SMARTS) is 1. The summed E-state index contributed by atoms with van der Waals surface area (Å²) in [7, 11) is 0. The molecule has 1 aliphatic rings. The molecule has 1 heterocycles. The Hall–Kier alpha value is -1.91. The Labute approximate surface area is 100 Å². The molecule has 17 heavy (non-hydrogen) atoms. The average molecular weight is 235 g/mol. The second-order valence-electron chi connectivity index (χ2n) is 4.27. The third-order valence-corrected chi connectivity index (χ3v) is 3.10. The molecule has 0 bridgehead atoms. The van der Waals surface area contributed by atoms with Gasteiger partial charge in [-0.1, -0.05) is 12.1 Å². The minimum absolute atomic E-state index is 0.0636. The van der Waals surface area contributed by atoms with E-state index in [9.17, 15) is 4.79 Å². The fourth-order valence-electron chi connectivity index (χ4n) is 2.21. The molecule has 0 aromatic heterocycles. The number of rotatable bonds is 2. The van der Waals surface area contributed by atoms with Crippen LogP contribution in [0.15, 0.2) is 24.3 Å². The maximum absolute atomic E-state index is 10.5. The summed E-state index contributed by atoms with van der Waals surface area (Å²) in [5.74, 6) is 0. The standard InChI is InChI=1S/C12H17N3O2/c13-10-3-1-2-4-11(10)15-7-5-9(6-8-15)14-12(16)17/h1-4,9,14H,5-8,13H2,(H,16,17). The molecule has 0 atom stereocenters. The average Bonchev–Trinajstić information content (AvgIpc) is 2.30. The van der Waals surface area contributed by atoms with Gasteiger partial charge in [0.25, 0.3) is 0 Å². The van der Waals surface area contributed by atoms with Crippen LogP contribution < -0.4 is 16.0 Å². The lowest BCUT2D eigenvalue weighted by Gasteiger charge is -2.34. The maximum atomic E-state index is 10.5. The van der Waals surface area contributed by atoms with E-state index in [0.29, 0.717) is 0 Å². The summed E-state index contributed by atoms with van der Waals surface area (Å²) >= 11 is 0. The van der Waals surface area contributed by atoms with Crippen LogP contribution in [0.5, 0.6) is 0 Å². The third-order valence-electron chi connectivity index (χ3n) is 3.10. The SMILES string of the molecule is Nc1ccccc1N1CCC(NC(=O)O)CC1. The molecule has 1 aliphatic heterocycles. The van der Waals surface area contributed by atoms with Gasteiger partial charge in [0.2, 0.25) is 0 Å². The Balaban J connectivity index is 1.95. The number of carbonyl (C=O) groups is 1. The Morgan fingerprint density at radius 1 is 1.35 bits per heavy atom. The first-order valence-corrected chi connectivity index (χ1v) is 5.75. The number of nitrogens with two attached hydrogens (primary N) is 1. The van der Waals surface area contributed by atoms with E-state index >= 15 is 0 Å². The van der Waals surface area contributed by atoms with Crippen molar-refractivity contribution < 1.29 is 9.90 Å². The Morgan fingerprint density at radius 2 is 2.00 bits per heavy atom. The Morgan fingerprint density at radius 3 is 2.59 bits per heavy atom. The van der Waals surface area contributed by atoms with Gasteiger partial charge in [0.05, 0.1) is 11.4 Å². The van der Waals surface area contributed by atoms with E-state index in [1.165, 1.54) is 0 Å². The van der Waals surface area contributed by atoms with Crippen LogP contribution in [0.4, 0.5) is 16.2 Å². The topological polar surface area (TPSA) is 78.6 Å². The molecule has 0 unspecified atom stereocenters. The smallest absolute Gasteiger partial charge is 0.404 e. The number of amides is 1. The molecule has 5 heteroatoms. The van der Waals surface area contributed by atoms with Crippen LogP contribution in [0, 0.1) is 0 Å². The van der Waals surface area contributed by atoms with Gasteiger partial charge in [-0.2, -0.15) is 0 Å². The summed E-state index contributed by atoms with van der Waals surface area (Å²) in [5.41, 5.74) is 7.73. The number of nitrogens with one attached hydrogen (secondary N) is 1. The highest BCUT2D eigenvalue weighted by atomic mass is 16.4.